The molecule has 4 heterocycles. The molecule has 5 aliphatic rings. The molecular formula is C22H26N4O3S2. The molecule has 1 aromatic carbocycles. The van der Waals surface area contributed by atoms with Gasteiger partial charge in [0.1, 0.15) is 0 Å². The number of nitrogens with one attached hydrogen (secondary N) is 2. The summed E-state index contributed by atoms with van der Waals surface area (Å²) in [5, 5.41) is 2.91. The molecule has 2 bridgehead atoms. The molecule has 1 aromatic heterocycles. The fourth-order valence-corrected chi connectivity index (χ4v) is 8.15. The molecule has 0 saturated carbocycles. The van der Waals surface area contributed by atoms with Gasteiger partial charge in [-0.3, -0.25) is 4.90 Å². The molecule has 2 aliphatic carbocycles. The van der Waals surface area contributed by atoms with E-state index in [2.05, 4.69) is 26.0 Å². The number of carbonyl (C=O) groups is 1. The summed E-state index contributed by atoms with van der Waals surface area (Å²) >= 11 is 1.24. The number of fused-ring (bicyclic) bond motifs is 4. The van der Waals surface area contributed by atoms with E-state index in [9.17, 15) is 13.2 Å². The highest BCUT2D eigenvalue weighted by Gasteiger charge is 2.34. The maximum Gasteiger partial charge on any atom is 0.333 e. The molecule has 3 aliphatic heterocycles. The van der Waals surface area contributed by atoms with Gasteiger partial charge in [0, 0.05) is 17.1 Å². The summed E-state index contributed by atoms with van der Waals surface area (Å²) in [4.78, 5) is 20.7. The minimum atomic E-state index is -4.00. The molecule has 9 heteroatoms. The maximum atomic E-state index is 13.0. The van der Waals surface area contributed by atoms with Crippen molar-refractivity contribution in [2.75, 3.05) is 18.4 Å². The van der Waals surface area contributed by atoms with Gasteiger partial charge in [-0.1, -0.05) is 6.07 Å². The maximum absolute atomic E-state index is 13.0. The summed E-state index contributed by atoms with van der Waals surface area (Å²) in [6.45, 7) is 2.79. The van der Waals surface area contributed by atoms with Gasteiger partial charge < -0.3 is 5.32 Å². The van der Waals surface area contributed by atoms with Crippen LogP contribution in [0.2, 0.25) is 0 Å². The number of amides is 2. The first-order valence-corrected chi connectivity index (χ1v) is 13.5. The van der Waals surface area contributed by atoms with Crippen molar-refractivity contribution in [2.45, 2.75) is 68.2 Å². The van der Waals surface area contributed by atoms with E-state index in [1.807, 2.05) is 0 Å². The molecule has 7 nitrogen and oxygen atoms in total. The molecule has 1 fully saturated rings. The lowest BCUT2D eigenvalue weighted by Crippen LogP contribution is -2.35. The van der Waals surface area contributed by atoms with Gasteiger partial charge in [0.2, 0.25) is 4.34 Å². The summed E-state index contributed by atoms with van der Waals surface area (Å²) < 4.78 is 28.2. The van der Waals surface area contributed by atoms with Crippen LogP contribution >= 0.6 is 11.3 Å². The second-order valence-corrected chi connectivity index (χ2v) is 12.0. The first-order chi connectivity index (χ1) is 15.0. The quantitative estimate of drug-likeness (QED) is 0.736. The average molecular weight is 459 g/mol. The Bertz CT molecular complexity index is 1150. The fraction of sp³-hybridized carbons (Fsp3) is 0.545. The molecule has 7 rings (SSSR count). The Balaban J connectivity index is 1.25. The number of rotatable bonds is 3. The van der Waals surface area contributed by atoms with Crippen LogP contribution in [-0.2, 0) is 42.3 Å². The first kappa shape index (κ1) is 19.7. The highest BCUT2D eigenvalue weighted by atomic mass is 32.2. The van der Waals surface area contributed by atoms with E-state index in [0.29, 0.717) is 12.5 Å². The standard InChI is InChI=1S/C22H26N4O3S2/c27-21(24-19-16-5-1-3-14(16)11-15-4-2-6-17(15)19)25-31(28,29)22-23-18-12-26-9-7-13(8-10-26)20(18)30-22/h11,13H,1-10,12H2,(H2,24,25,27). The van der Waals surface area contributed by atoms with Gasteiger partial charge in [0.25, 0.3) is 10.0 Å². The Morgan fingerprint density at radius 3 is 2.42 bits per heavy atom. The van der Waals surface area contributed by atoms with Crippen LogP contribution in [0, 0.1) is 0 Å². The van der Waals surface area contributed by atoms with Gasteiger partial charge in [-0.25, -0.2) is 14.5 Å². The molecule has 164 valence electrons. The molecule has 1 saturated heterocycles. The van der Waals surface area contributed by atoms with Crippen LogP contribution in [0.4, 0.5) is 10.5 Å². The number of carbonyl (C=O) groups excluding carboxylic acids is 1. The average Bonchev–Trinajstić information content (AvgIpc) is 3.45. The topological polar surface area (TPSA) is 91.4 Å². The van der Waals surface area contributed by atoms with Crippen molar-refractivity contribution in [1.82, 2.24) is 14.6 Å². The number of aromatic nitrogens is 1. The monoisotopic (exact) mass is 458 g/mol. The molecule has 2 aromatic rings. The predicted molar refractivity (Wildman–Crippen MR) is 119 cm³/mol. The second-order valence-electron chi connectivity index (χ2n) is 9.13. The first-order valence-electron chi connectivity index (χ1n) is 11.2. The minimum absolute atomic E-state index is 0.00456. The van der Waals surface area contributed by atoms with Crippen molar-refractivity contribution >= 4 is 33.1 Å². The lowest BCUT2D eigenvalue weighted by Gasteiger charge is -2.26. The van der Waals surface area contributed by atoms with Crippen molar-refractivity contribution in [3.8, 4) is 0 Å². The van der Waals surface area contributed by atoms with E-state index in [1.165, 1.54) is 33.6 Å². The summed E-state index contributed by atoms with van der Waals surface area (Å²) in [5.41, 5.74) is 6.67. The van der Waals surface area contributed by atoms with Crippen LogP contribution in [0.25, 0.3) is 0 Å². The molecular weight excluding hydrogens is 432 g/mol. The highest BCUT2D eigenvalue weighted by Crippen LogP contribution is 2.40. The molecule has 0 spiro atoms. The van der Waals surface area contributed by atoms with E-state index in [-0.39, 0.29) is 4.34 Å². The van der Waals surface area contributed by atoms with E-state index in [0.717, 1.165) is 80.7 Å². The molecule has 2 N–H and O–H groups in total. The largest absolute Gasteiger partial charge is 0.333 e. The van der Waals surface area contributed by atoms with Crippen LogP contribution in [-0.4, -0.2) is 37.4 Å². The van der Waals surface area contributed by atoms with Crippen LogP contribution < -0.4 is 10.0 Å². The Labute approximate surface area is 186 Å². The second kappa shape index (κ2) is 7.28. The van der Waals surface area contributed by atoms with Crippen molar-refractivity contribution in [1.29, 1.82) is 0 Å². The van der Waals surface area contributed by atoms with Gasteiger partial charge in [0.15, 0.2) is 0 Å². The zero-order chi connectivity index (χ0) is 21.2. The number of piperidine rings is 1. The normalized spacial score (nSPS) is 23.7. The third-order valence-corrected chi connectivity index (χ3v) is 10.2. The Morgan fingerprint density at radius 2 is 1.74 bits per heavy atom. The number of hydrogen-bond acceptors (Lipinski definition) is 6. The summed E-state index contributed by atoms with van der Waals surface area (Å²) in [6, 6.07) is 1.60. The lowest BCUT2D eigenvalue weighted by molar-refractivity contribution is 0.219. The summed E-state index contributed by atoms with van der Waals surface area (Å²) in [7, 11) is -4.00. The Kier molecular flexibility index (Phi) is 4.63. The van der Waals surface area contributed by atoms with Gasteiger partial charge in [-0.15, -0.1) is 11.3 Å². The van der Waals surface area contributed by atoms with Crippen LogP contribution in [0.1, 0.15) is 64.4 Å². The smallest absolute Gasteiger partial charge is 0.307 e. The van der Waals surface area contributed by atoms with Gasteiger partial charge in [0.05, 0.1) is 5.69 Å². The van der Waals surface area contributed by atoms with Crippen molar-refractivity contribution < 1.29 is 13.2 Å². The molecule has 0 radical (unpaired) electrons. The molecule has 0 atom stereocenters. The van der Waals surface area contributed by atoms with E-state index < -0.39 is 16.1 Å². The van der Waals surface area contributed by atoms with Crippen LogP contribution in [0.3, 0.4) is 0 Å². The van der Waals surface area contributed by atoms with E-state index in [1.54, 1.807) is 0 Å². The van der Waals surface area contributed by atoms with Crippen LogP contribution in [0.5, 0.6) is 0 Å². The molecule has 0 unspecified atom stereocenters. The summed E-state index contributed by atoms with van der Waals surface area (Å²) in [6.07, 6.45) is 8.18. The number of sulfonamides is 1. The zero-order valence-corrected chi connectivity index (χ0v) is 19.0. The third kappa shape index (κ3) is 3.37. The minimum Gasteiger partial charge on any atom is -0.307 e. The fourth-order valence-electron chi connectivity index (χ4n) is 5.73. The summed E-state index contributed by atoms with van der Waals surface area (Å²) in [5.74, 6) is 0.388. The number of aryl methyl sites for hydroxylation is 2. The number of benzene rings is 1. The number of nitrogens with zero attached hydrogens (tertiary/aromatic N) is 2. The number of thiazole rings is 1. The van der Waals surface area contributed by atoms with E-state index in [4.69, 9.17) is 0 Å². The number of anilines is 1. The number of hydrogen-bond donors (Lipinski definition) is 2. The lowest BCUT2D eigenvalue weighted by atomic mass is 9.97. The molecule has 31 heavy (non-hydrogen) atoms. The van der Waals surface area contributed by atoms with Crippen molar-refractivity contribution in [3.05, 3.63) is 38.9 Å². The van der Waals surface area contributed by atoms with E-state index >= 15 is 0 Å². The molecule has 2 amide bonds. The third-order valence-electron chi connectivity index (χ3n) is 7.21. The Morgan fingerprint density at radius 1 is 1.06 bits per heavy atom. The Hall–Kier alpha value is -1.97. The van der Waals surface area contributed by atoms with Crippen molar-refractivity contribution in [3.63, 3.8) is 0 Å². The van der Waals surface area contributed by atoms with Gasteiger partial charge in [-0.2, -0.15) is 8.42 Å². The number of urea groups is 1. The van der Waals surface area contributed by atoms with Gasteiger partial charge >= 0.3 is 6.03 Å². The van der Waals surface area contributed by atoms with Gasteiger partial charge in [-0.05, 0) is 92.6 Å². The SMILES string of the molecule is O=C(Nc1c2c(cc3c1CCC3)CCC2)NS(=O)(=O)c1nc2c(s1)C1CCN(CC1)C2. The van der Waals surface area contributed by atoms with Crippen molar-refractivity contribution in [2.24, 2.45) is 0 Å². The van der Waals surface area contributed by atoms with Crippen LogP contribution in [0.15, 0.2) is 10.4 Å². The highest BCUT2D eigenvalue weighted by molar-refractivity contribution is 7.92. The predicted octanol–water partition coefficient (Wildman–Crippen LogP) is 3.32. The zero-order valence-electron chi connectivity index (χ0n) is 17.4.